The number of aryl methyl sites for hydroxylation is 2. The van der Waals surface area contributed by atoms with E-state index in [2.05, 4.69) is 26.6 Å². The number of carbonyl (C=O) groups is 2. The number of hydrogen-bond donors (Lipinski definition) is 2. The summed E-state index contributed by atoms with van der Waals surface area (Å²) in [5.41, 5.74) is 4.14. The van der Waals surface area contributed by atoms with Crippen molar-refractivity contribution in [2.24, 2.45) is 0 Å². The molecule has 0 fully saturated rings. The normalized spacial score (nSPS) is 10.8. The number of amides is 2. The quantitative estimate of drug-likeness (QED) is 0.279. The van der Waals surface area contributed by atoms with Gasteiger partial charge in [0.05, 0.1) is 11.6 Å². The Hall–Kier alpha value is -4.09. The molecule has 0 atom stereocenters. The first kappa shape index (κ1) is 26.5. The summed E-state index contributed by atoms with van der Waals surface area (Å²) in [5.74, 6) is -0.127. The second-order valence-corrected chi connectivity index (χ2v) is 8.88. The predicted molar refractivity (Wildman–Crippen MR) is 143 cm³/mol. The Bertz CT molecular complexity index is 1330. The molecule has 184 valence electrons. The molecule has 0 aliphatic carbocycles. The zero-order valence-electron chi connectivity index (χ0n) is 20.2. The van der Waals surface area contributed by atoms with Gasteiger partial charge in [-0.15, -0.1) is 0 Å². The number of halogens is 1. The van der Waals surface area contributed by atoms with Crippen LogP contribution in [0.2, 0.25) is 0 Å². The minimum atomic E-state index is -0.486. The number of anilines is 1. The van der Waals surface area contributed by atoms with E-state index in [1.54, 1.807) is 12.1 Å². The molecule has 3 aromatic carbocycles. The number of hydrogen-bond acceptors (Lipinski definition) is 5. The molecule has 36 heavy (non-hydrogen) atoms. The molecule has 0 aliphatic rings. The summed E-state index contributed by atoms with van der Waals surface area (Å²) in [7, 11) is 1.47. The fourth-order valence-electron chi connectivity index (χ4n) is 3.35. The Morgan fingerprint density at radius 3 is 2.53 bits per heavy atom. The Kier molecular flexibility index (Phi) is 9.25. The molecule has 8 heteroatoms. The standard InChI is InChI=1S/C28H26BrN3O4/c1-18-9-10-19(2)24(11-18)32-26(33)17-36-27-23(29)13-21(14-25(27)35-3)12-22(15-30)28(34)31-16-20-7-5-4-6-8-20/h4-14H,16-17H2,1-3H3,(H,31,34)(H,32,33)/b22-12+. The maximum Gasteiger partial charge on any atom is 0.262 e. The Balaban J connectivity index is 1.70. The Morgan fingerprint density at radius 2 is 1.83 bits per heavy atom. The van der Waals surface area contributed by atoms with Crippen LogP contribution in [0.15, 0.2) is 70.7 Å². The molecular formula is C28H26BrN3O4. The lowest BCUT2D eigenvalue weighted by Gasteiger charge is -2.14. The van der Waals surface area contributed by atoms with E-state index < -0.39 is 5.91 Å². The number of ether oxygens (including phenoxy) is 2. The highest BCUT2D eigenvalue weighted by molar-refractivity contribution is 9.10. The van der Waals surface area contributed by atoms with Gasteiger partial charge in [-0.05, 0) is 76.3 Å². The molecule has 0 saturated heterocycles. The molecule has 0 saturated carbocycles. The fourth-order valence-corrected chi connectivity index (χ4v) is 3.92. The van der Waals surface area contributed by atoms with E-state index in [9.17, 15) is 14.9 Å². The average Bonchev–Trinajstić information content (AvgIpc) is 2.87. The van der Waals surface area contributed by atoms with E-state index in [1.165, 1.54) is 13.2 Å². The third kappa shape index (κ3) is 7.20. The van der Waals surface area contributed by atoms with Gasteiger partial charge < -0.3 is 20.1 Å². The van der Waals surface area contributed by atoms with Gasteiger partial charge in [0.2, 0.25) is 0 Å². The molecule has 0 spiro atoms. The highest BCUT2D eigenvalue weighted by Gasteiger charge is 2.15. The van der Waals surface area contributed by atoms with Crippen molar-refractivity contribution >= 4 is 39.5 Å². The van der Waals surface area contributed by atoms with Gasteiger partial charge in [-0.3, -0.25) is 9.59 Å². The molecule has 0 aliphatic heterocycles. The van der Waals surface area contributed by atoms with Crippen molar-refractivity contribution in [3.8, 4) is 17.6 Å². The van der Waals surface area contributed by atoms with Crippen molar-refractivity contribution in [2.45, 2.75) is 20.4 Å². The van der Waals surface area contributed by atoms with E-state index in [-0.39, 0.29) is 18.1 Å². The summed E-state index contributed by atoms with van der Waals surface area (Å²) in [4.78, 5) is 25.0. The second kappa shape index (κ2) is 12.6. The van der Waals surface area contributed by atoms with Gasteiger partial charge in [-0.2, -0.15) is 5.26 Å². The molecule has 0 aromatic heterocycles. The van der Waals surface area contributed by atoms with Crippen LogP contribution in [-0.2, 0) is 16.1 Å². The fraction of sp³-hybridized carbons (Fsp3) is 0.179. The molecule has 2 N–H and O–H groups in total. The van der Waals surface area contributed by atoms with Crippen LogP contribution in [0.1, 0.15) is 22.3 Å². The number of nitrogens with zero attached hydrogens (tertiary/aromatic N) is 1. The Morgan fingerprint density at radius 1 is 1.08 bits per heavy atom. The van der Waals surface area contributed by atoms with Crippen molar-refractivity contribution in [1.82, 2.24) is 5.32 Å². The molecule has 7 nitrogen and oxygen atoms in total. The lowest BCUT2D eigenvalue weighted by atomic mass is 10.1. The molecule has 0 bridgehead atoms. The molecule has 3 rings (SSSR count). The third-order valence-corrected chi connectivity index (χ3v) is 5.83. The van der Waals surface area contributed by atoms with Crippen LogP contribution in [0, 0.1) is 25.2 Å². The molecule has 3 aromatic rings. The first-order chi connectivity index (χ1) is 17.3. The number of carbonyl (C=O) groups excluding carboxylic acids is 2. The zero-order chi connectivity index (χ0) is 26.1. The average molecular weight is 548 g/mol. The van der Waals surface area contributed by atoms with Crippen molar-refractivity contribution in [2.75, 3.05) is 19.0 Å². The van der Waals surface area contributed by atoms with Gasteiger partial charge in [0.1, 0.15) is 11.6 Å². The molecule has 0 heterocycles. The summed E-state index contributed by atoms with van der Waals surface area (Å²) in [6.07, 6.45) is 1.46. The van der Waals surface area contributed by atoms with E-state index in [1.807, 2.05) is 68.4 Å². The smallest absolute Gasteiger partial charge is 0.262 e. The SMILES string of the molecule is COc1cc(/C=C(\C#N)C(=O)NCc2ccccc2)cc(Br)c1OCC(=O)Nc1cc(C)ccc1C. The first-order valence-corrected chi connectivity index (χ1v) is 11.9. The summed E-state index contributed by atoms with van der Waals surface area (Å²) in [6.45, 7) is 3.94. The molecule has 0 radical (unpaired) electrons. The topological polar surface area (TPSA) is 100 Å². The monoisotopic (exact) mass is 547 g/mol. The van der Waals surface area contributed by atoms with Gasteiger partial charge in [-0.1, -0.05) is 42.5 Å². The predicted octanol–water partition coefficient (Wildman–Crippen LogP) is 5.32. The summed E-state index contributed by atoms with van der Waals surface area (Å²) >= 11 is 3.44. The van der Waals surface area contributed by atoms with E-state index >= 15 is 0 Å². The maximum atomic E-state index is 12.5. The lowest BCUT2D eigenvalue weighted by molar-refractivity contribution is -0.118. The second-order valence-electron chi connectivity index (χ2n) is 8.03. The van der Waals surface area contributed by atoms with Crippen LogP contribution < -0.4 is 20.1 Å². The van der Waals surface area contributed by atoms with Gasteiger partial charge in [0, 0.05) is 12.2 Å². The van der Waals surface area contributed by atoms with Crippen molar-refractivity contribution in [3.63, 3.8) is 0 Å². The van der Waals surface area contributed by atoms with Crippen LogP contribution in [0.3, 0.4) is 0 Å². The number of nitrogens with one attached hydrogen (secondary N) is 2. The van der Waals surface area contributed by atoms with Crippen LogP contribution in [0.4, 0.5) is 5.69 Å². The van der Waals surface area contributed by atoms with Crippen molar-refractivity contribution < 1.29 is 19.1 Å². The summed E-state index contributed by atoms with van der Waals surface area (Å²) in [5, 5.41) is 15.1. The number of nitriles is 1. The largest absolute Gasteiger partial charge is 0.493 e. The van der Waals surface area contributed by atoms with Crippen LogP contribution in [0.25, 0.3) is 6.08 Å². The number of methoxy groups -OCH3 is 1. The Labute approximate surface area is 218 Å². The van der Waals surface area contributed by atoms with Crippen LogP contribution in [0.5, 0.6) is 11.5 Å². The highest BCUT2D eigenvalue weighted by Crippen LogP contribution is 2.37. The summed E-state index contributed by atoms with van der Waals surface area (Å²) < 4.78 is 11.7. The minimum absolute atomic E-state index is 0.0542. The molecule has 0 unspecified atom stereocenters. The van der Waals surface area contributed by atoms with Crippen molar-refractivity contribution in [1.29, 1.82) is 5.26 Å². The lowest BCUT2D eigenvalue weighted by Crippen LogP contribution is -2.23. The van der Waals surface area contributed by atoms with Gasteiger partial charge >= 0.3 is 0 Å². The summed E-state index contributed by atoms with van der Waals surface area (Å²) in [6, 6.07) is 20.5. The third-order valence-electron chi connectivity index (χ3n) is 5.24. The number of rotatable bonds is 9. The van der Waals surface area contributed by atoms with E-state index in [0.29, 0.717) is 28.1 Å². The van der Waals surface area contributed by atoms with Crippen LogP contribution >= 0.6 is 15.9 Å². The van der Waals surface area contributed by atoms with E-state index in [0.717, 1.165) is 22.4 Å². The number of benzene rings is 3. The highest BCUT2D eigenvalue weighted by atomic mass is 79.9. The minimum Gasteiger partial charge on any atom is -0.493 e. The van der Waals surface area contributed by atoms with Gasteiger partial charge in [0.15, 0.2) is 18.1 Å². The maximum absolute atomic E-state index is 12.5. The zero-order valence-corrected chi connectivity index (χ0v) is 21.8. The van der Waals surface area contributed by atoms with Gasteiger partial charge in [-0.25, -0.2) is 0 Å². The van der Waals surface area contributed by atoms with Crippen LogP contribution in [-0.4, -0.2) is 25.5 Å². The van der Waals surface area contributed by atoms with Gasteiger partial charge in [0.25, 0.3) is 11.8 Å². The van der Waals surface area contributed by atoms with E-state index in [4.69, 9.17) is 9.47 Å². The molecular weight excluding hydrogens is 522 g/mol. The van der Waals surface area contributed by atoms with Crippen molar-refractivity contribution in [3.05, 3.63) is 93.0 Å². The molecule has 2 amide bonds. The first-order valence-electron chi connectivity index (χ1n) is 11.1.